The van der Waals surface area contributed by atoms with E-state index in [-0.39, 0.29) is 5.82 Å². The minimum atomic E-state index is -0.236. The maximum absolute atomic E-state index is 13.8. The molecule has 2 N–H and O–H groups in total. The Morgan fingerprint density at radius 1 is 1.19 bits per heavy atom. The first kappa shape index (κ1) is 14.4. The van der Waals surface area contributed by atoms with Gasteiger partial charge in [-0.15, -0.1) is 11.8 Å². The van der Waals surface area contributed by atoms with Crippen LogP contribution < -0.4 is 5.73 Å². The molecule has 3 rings (SSSR count). The molecule has 0 spiro atoms. The Bertz CT molecular complexity index is 807. The summed E-state index contributed by atoms with van der Waals surface area (Å²) in [6.07, 6.45) is 1.69. The minimum Gasteiger partial charge on any atom is -0.399 e. The monoisotopic (exact) mass is 362 g/mol. The fourth-order valence-corrected chi connectivity index (χ4v) is 3.75. The molecule has 0 saturated carbocycles. The number of nitrogen functional groups attached to an aromatic ring is 1. The summed E-state index contributed by atoms with van der Waals surface area (Å²) in [6.45, 7) is 0. The number of halogens is 2. The summed E-state index contributed by atoms with van der Waals surface area (Å²) >= 11 is 5.17. The van der Waals surface area contributed by atoms with Crippen molar-refractivity contribution in [2.75, 3.05) is 5.73 Å². The van der Waals surface area contributed by atoms with Gasteiger partial charge in [0.05, 0.1) is 5.52 Å². The highest BCUT2D eigenvalue weighted by atomic mass is 79.9. The molecule has 2 nitrogen and oxygen atoms in total. The lowest BCUT2D eigenvalue weighted by Gasteiger charge is -2.08. The van der Waals surface area contributed by atoms with E-state index in [2.05, 4.69) is 20.9 Å². The number of nitrogens with zero attached hydrogens (tertiary/aromatic N) is 1. The molecule has 1 aromatic heterocycles. The molecule has 1 heterocycles. The van der Waals surface area contributed by atoms with Gasteiger partial charge in [-0.3, -0.25) is 4.98 Å². The Balaban J connectivity index is 1.90. The van der Waals surface area contributed by atoms with Gasteiger partial charge in [0.1, 0.15) is 5.82 Å². The number of hydrogen-bond acceptors (Lipinski definition) is 3. The van der Waals surface area contributed by atoms with Crippen molar-refractivity contribution in [3.63, 3.8) is 0 Å². The number of benzene rings is 2. The number of rotatable bonds is 3. The first-order valence-electron chi connectivity index (χ1n) is 6.35. The van der Waals surface area contributed by atoms with Gasteiger partial charge >= 0.3 is 0 Å². The minimum absolute atomic E-state index is 0.236. The highest BCUT2D eigenvalue weighted by molar-refractivity contribution is 9.10. The zero-order chi connectivity index (χ0) is 14.8. The van der Waals surface area contributed by atoms with Crippen molar-refractivity contribution in [2.24, 2.45) is 0 Å². The van der Waals surface area contributed by atoms with Crippen LogP contribution in [0.5, 0.6) is 0 Å². The third-order valence-corrected chi connectivity index (χ3v) is 5.18. The lowest BCUT2D eigenvalue weighted by Crippen LogP contribution is -1.91. The fourth-order valence-electron chi connectivity index (χ4n) is 2.10. The van der Waals surface area contributed by atoms with E-state index in [4.69, 9.17) is 5.73 Å². The SMILES string of the molecule is Nc1ccc(SCc2ccc(F)c3cccnc23)c(Br)c1. The smallest absolute Gasteiger partial charge is 0.132 e. The second-order valence-corrected chi connectivity index (χ2v) is 6.46. The summed E-state index contributed by atoms with van der Waals surface area (Å²) in [5, 5.41) is 0.562. The van der Waals surface area contributed by atoms with Crippen LogP contribution in [-0.2, 0) is 5.75 Å². The van der Waals surface area contributed by atoms with E-state index < -0.39 is 0 Å². The van der Waals surface area contributed by atoms with E-state index in [1.165, 1.54) is 6.07 Å². The van der Waals surface area contributed by atoms with Crippen molar-refractivity contribution in [2.45, 2.75) is 10.6 Å². The topological polar surface area (TPSA) is 38.9 Å². The highest BCUT2D eigenvalue weighted by Crippen LogP contribution is 2.33. The van der Waals surface area contributed by atoms with Crippen LogP contribution >= 0.6 is 27.7 Å². The summed E-state index contributed by atoms with van der Waals surface area (Å²) in [6, 6.07) is 12.5. The van der Waals surface area contributed by atoms with Crippen LogP contribution in [0, 0.1) is 5.82 Å². The van der Waals surface area contributed by atoms with Gasteiger partial charge in [-0.2, -0.15) is 0 Å². The average Bonchev–Trinajstić information content (AvgIpc) is 2.48. The number of aromatic nitrogens is 1. The number of anilines is 1. The van der Waals surface area contributed by atoms with E-state index in [1.54, 1.807) is 36.2 Å². The molecule has 0 aliphatic heterocycles. The average molecular weight is 363 g/mol. The molecule has 2 aromatic carbocycles. The zero-order valence-electron chi connectivity index (χ0n) is 11.0. The quantitative estimate of drug-likeness (QED) is 0.525. The van der Waals surface area contributed by atoms with Crippen LogP contribution in [0.3, 0.4) is 0 Å². The Kier molecular flexibility index (Phi) is 4.12. The summed E-state index contributed by atoms with van der Waals surface area (Å²) in [5.41, 5.74) is 8.19. The Morgan fingerprint density at radius 2 is 2.05 bits per heavy atom. The largest absolute Gasteiger partial charge is 0.399 e. The predicted molar refractivity (Wildman–Crippen MR) is 89.8 cm³/mol. The van der Waals surface area contributed by atoms with E-state index >= 15 is 0 Å². The molecule has 0 aliphatic rings. The highest BCUT2D eigenvalue weighted by Gasteiger charge is 2.08. The summed E-state index contributed by atoms with van der Waals surface area (Å²) < 4.78 is 14.7. The number of pyridine rings is 1. The molecule has 0 unspecified atom stereocenters. The van der Waals surface area contributed by atoms with Gasteiger partial charge in [0, 0.05) is 32.4 Å². The molecule has 0 atom stereocenters. The maximum atomic E-state index is 13.8. The van der Waals surface area contributed by atoms with Crippen molar-refractivity contribution in [3.8, 4) is 0 Å². The molecular weight excluding hydrogens is 351 g/mol. The van der Waals surface area contributed by atoms with E-state index in [0.29, 0.717) is 5.39 Å². The Morgan fingerprint density at radius 3 is 2.86 bits per heavy atom. The van der Waals surface area contributed by atoms with Crippen molar-refractivity contribution in [3.05, 3.63) is 64.5 Å². The maximum Gasteiger partial charge on any atom is 0.132 e. The first-order valence-corrected chi connectivity index (χ1v) is 8.13. The number of fused-ring (bicyclic) bond motifs is 1. The molecule has 106 valence electrons. The molecule has 0 aliphatic carbocycles. The summed E-state index contributed by atoms with van der Waals surface area (Å²) in [7, 11) is 0. The molecule has 0 bridgehead atoms. The number of nitrogens with two attached hydrogens (primary N) is 1. The van der Waals surface area contributed by atoms with Crippen LogP contribution in [-0.4, -0.2) is 4.98 Å². The van der Waals surface area contributed by atoms with Crippen LogP contribution in [0.4, 0.5) is 10.1 Å². The Labute approximate surface area is 134 Å². The number of thioether (sulfide) groups is 1. The molecule has 0 saturated heterocycles. The number of hydrogen-bond donors (Lipinski definition) is 1. The normalized spacial score (nSPS) is 11.0. The molecule has 0 amide bonds. The van der Waals surface area contributed by atoms with Crippen molar-refractivity contribution in [1.82, 2.24) is 4.98 Å². The lowest BCUT2D eigenvalue weighted by atomic mass is 10.1. The van der Waals surface area contributed by atoms with Gasteiger partial charge in [0.2, 0.25) is 0 Å². The van der Waals surface area contributed by atoms with E-state index in [0.717, 1.165) is 31.9 Å². The first-order chi connectivity index (χ1) is 10.1. The van der Waals surface area contributed by atoms with Crippen molar-refractivity contribution >= 4 is 44.3 Å². The third kappa shape index (κ3) is 3.04. The van der Waals surface area contributed by atoms with E-state index in [9.17, 15) is 4.39 Å². The lowest BCUT2D eigenvalue weighted by molar-refractivity contribution is 0.639. The summed E-state index contributed by atoms with van der Waals surface area (Å²) in [5.74, 6) is 0.483. The van der Waals surface area contributed by atoms with Gasteiger partial charge in [-0.25, -0.2) is 4.39 Å². The van der Waals surface area contributed by atoms with Gasteiger partial charge in [0.15, 0.2) is 0 Å². The van der Waals surface area contributed by atoms with Crippen molar-refractivity contribution < 1.29 is 4.39 Å². The van der Waals surface area contributed by atoms with Gasteiger partial charge in [0.25, 0.3) is 0 Å². The van der Waals surface area contributed by atoms with Crippen LogP contribution in [0.2, 0.25) is 0 Å². The van der Waals surface area contributed by atoms with Crippen LogP contribution in [0.1, 0.15) is 5.56 Å². The van der Waals surface area contributed by atoms with Gasteiger partial charge in [-0.1, -0.05) is 6.07 Å². The fraction of sp³-hybridized carbons (Fsp3) is 0.0625. The van der Waals surface area contributed by atoms with Gasteiger partial charge in [-0.05, 0) is 57.9 Å². The zero-order valence-corrected chi connectivity index (χ0v) is 13.4. The van der Waals surface area contributed by atoms with E-state index in [1.807, 2.05) is 18.2 Å². The second-order valence-electron chi connectivity index (χ2n) is 4.58. The molecule has 21 heavy (non-hydrogen) atoms. The molecular formula is C16H12BrFN2S. The van der Waals surface area contributed by atoms with Gasteiger partial charge < -0.3 is 5.73 Å². The second kappa shape index (κ2) is 6.03. The molecule has 0 fully saturated rings. The standard InChI is InChI=1S/C16H12BrFN2S/c17-13-8-11(19)4-6-15(13)21-9-10-3-5-14(18)12-2-1-7-20-16(10)12/h1-8H,9,19H2. The van der Waals surface area contributed by atoms with Crippen LogP contribution in [0.15, 0.2) is 58.0 Å². The molecule has 0 radical (unpaired) electrons. The van der Waals surface area contributed by atoms with Crippen LogP contribution in [0.25, 0.3) is 10.9 Å². The third-order valence-electron chi connectivity index (χ3n) is 3.14. The van der Waals surface area contributed by atoms with Crippen molar-refractivity contribution in [1.29, 1.82) is 0 Å². The Hall–Kier alpha value is -1.59. The summed E-state index contributed by atoms with van der Waals surface area (Å²) in [4.78, 5) is 5.40. The molecule has 5 heteroatoms. The predicted octanol–water partition coefficient (Wildman–Crippen LogP) is 5.01. The molecule has 3 aromatic rings.